The Balaban J connectivity index is 1.51. The summed E-state index contributed by atoms with van der Waals surface area (Å²) < 4.78 is 0. The number of hydrogen-bond acceptors (Lipinski definition) is 5. The summed E-state index contributed by atoms with van der Waals surface area (Å²) in [5.74, 6) is 0.488. The zero-order valence-corrected chi connectivity index (χ0v) is 13.6. The zero-order valence-electron chi connectivity index (χ0n) is 13.6. The third-order valence-corrected chi connectivity index (χ3v) is 5.08. The molecule has 0 radical (unpaired) electrons. The molecule has 24 heavy (non-hydrogen) atoms. The smallest absolute Gasteiger partial charge is 0.270 e. The second-order valence-corrected chi connectivity index (χ2v) is 6.76. The highest BCUT2D eigenvalue weighted by molar-refractivity contribution is 5.79. The van der Waals surface area contributed by atoms with E-state index in [2.05, 4.69) is 10.2 Å². The highest BCUT2D eigenvalue weighted by atomic mass is 16.6. The van der Waals surface area contributed by atoms with Crippen molar-refractivity contribution < 1.29 is 14.8 Å². The number of non-ortho nitro benzene ring substituents is 1. The van der Waals surface area contributed by atoms with Gasteiger partial charge in [0, 0.05) is 49.3 Å². The maximum atomic E-state index is 12.0. The van der Waals surface area contributed by atoms with Crippen LogP contribution in [0.1, 0.15) is 37.7 Å². The minimum Gasteiger partial charge on any atom is -0.508 e. The molecule has 7 heteroatoms. The van der Waals surface area contributed by atoms with E-state index in [9.17, 15) is 20.0 Å². The first-order valence-electron chi connectivity index (χ1n) is 8.52. The minimum atomic E-state index is -0.453. The molecule has 1 aromatic carbocycles. The van der Waals surface area contributed by atoms with Crippen molar-refractivity contribution in [2.75, 3.05) is 13.1 Å². The summed E-state index contributed by atoms with van der Waals surface area (Å²) in [7, 11) is 0. The first-order valence-corrected chi connectivity index (χ1v) is 8.52. The van der Waals surface area contributed by atoms with Crippen molar-refractivity contribution in [3.8, 4) is 5.75 Å². The van der Waals surface area contributed by atoms with E-state index in [1.165, 1.54) is 18.2 Å². The van der Waals surface area contributed by atoms with Crippen LogP contribution >= 0.6 is 0 Å². The minimum absolute atomic E-state index is 0.00884. The third-order valence-electron chi connectivity index (χ3n) is 5.08. The Morgan fingerprint density at radius 3 is 2.58 bits per heavy atom. The van der Waals surface area contributed by atoms with Gasteiger partial charge in [-0.1, -0.05) is 6.42 Å². The van der Waals surface area contributed by atoms with Crippen LogP contribution in [0.4, 0.5) is 5.69 Å². The maximum absolute atomic E-state index is 12.0. The predicted octanol–water partition coefficient (Wildman–Crippen LogP) is 2.18. The molecule has 1 saturated carbocycles. The van der Waals surface area contributed by atoms with Crippen molar-refractivity contribution in [3.63, 3.8) is 0 Å². The Bertz CT molecular complexity index is 622. The molecule has 1 aromatic rings. The second-order valence-electron chi connectivity index (χ2n) is 6.76. The molecule has 2 fully saturated rings. The number of piperidine rings is 1. The molecule has 0 unspecified atom stereocenters. The van der Waals surface area contributed by atoms with Gasteiger partial charge in [-0.15, -0.1) is 0 Å². The number of phenols is 1. The number of carbonyl (C=O) groups is 1. The summed E-state index contributed by atoms with van der Waals surface area (Å²) in [4.78, 5) is 24.6. The van der Waals surface area contributed by atoms with E-state index in [1.54, 1.807) is 0 Å². The summed E-state index contributed by atoms with van der Waals surface area (Å²) >= 11 is 0. The molecule has 1 amide bonds. The van der Waals surface area contributed by atoms with Crippen LogP contribution in [0.15, 0.2) is 18.2 Å². The SMILES string of the molecule is O=C(NC1CCN(Cc2cc([N+](=O)[O-])ccc2O)CC1)C1CCC1. The van der Waals surface area contributed by atoms with Crippen molar-refractivity contribution in [1.29, 1.82) is 0 Å². The van der Waals surface area contributed by atoms with E-state index in [1.807, 2.05) is 0 Å². The Morgan fingerprint density at radius 1 is 1.29 bits per heavy atom. The van der Waals surface area contributed by atoms with E-state index < -0.39 is 4.92 Å². The molecule has 2 N–H and O–H groups in total. The molecule has 130 valence electrons. The van der Waals surface area contributed by atoms with Crippen LogP contribution in [0.5, 0.6) is 5.75 Å². The number of nitro benzene ring substituents is 1. The van der Waals surface area contributed by atoms with Gasteiger partial charge in [-0.2, -0.15) is 0 Å². The maximum Gasteiger partial charge on any atom is 0.270 e. The summed E-state index contributed by atoms with van der Waals surface area (Å²) in [6, 6.07) is 4.33. The van der Waals surface area contributed by atoms with Crippen LogP contribution in [0.2, 0.25) is 0 Å². The predicted molar refractivity (Wildman–Crippen MR) is 88.5 cm³/mol. The first kappa shape index (κ1) is 16.7. The van der Waals surface area contributed by atoms with Gasteiger partial charge >= 0.3 is 0 Å². The zero-order chi connectivity index (χ0) is 17.1. The topological polar surface area (TPSA) is 95.7 Å². The van der Waals surface area contributed by atoms with Crippen LogP contribution in [-0.2, 0) is 11.3 Å². The molecule has 1 aliphatic carbocycles. The lowest BCUT2D eigenvalue weighted by molar-refractivity contribution is -0.385. The van der Waals surface area contributed by atoms with Crippen LogP contribution in [0.25, 0.3) is 0 Å². The highest BCUT2D eigenvalue weighted by Gasteiger charge is 2.28. The van der Waals surface area contributed by atoms with E-state index >= 15 is 0 Å². The molecule has 1 saturated heterocycles. The lowest BCUT2D eigenvalue weighted by Crippen LogP contribution is -2.47. The second kappa shape index (κ2) is 7.17. The fourth-order valence-corrected chi connectivity index (χ4v) is 3.28. The van der Waals surface area contributed by atoms with Gasteiger partial charge in [-0.3, -0.25) is 19.8 Å². The summed E-state index contributed by atoms with van der Waals surface area (Å²) in [6.45, 7) is 2.09. The number of nitrogens with one attached hydrogen (secondary N) is 1. The molecule has 0 bridgehead atoms. The lowest BCUT2D eigenvalue weighted by atomic mass is 9.84. The van der Waals surface area contributed by atoms with Crippen molar-refractivity contribution in [1.82, 2.24) is 10.2 Å². The number of carbonyl (C=O) groups excluding carboxylic acids is 1. The van der Waals surface area contributed by atoms with E-state index in [-0.39, 0.29) is 29.3 Å². The van der Waals surface area contributed by atoms with E-state index in [4.69, 9.17) is 0 Å². The molecule has 3 rings (SSSR count). The number of amides is 1. The van der Waals surface area contributed by atoms with E-state index in [0.29, 0.717) is 12.1 Å². The molecule has 0 spiro atoms. The summed E-state index contributed by atoms with van der Waals surface area (Å²) in [5, 5.41) is 23.9. The lowest BCUT2D eigenvalue weighted by Gasteiger charge is -2.34. The average molecular weight is 333 g/mol. The average Bonchev–Trinajstić information content (AvgIpc) is 2.49. The number of aromatic hydroxyl groups is 1. The van der Waals surface area contributed by atoms with Gasteiger partial charge in [0.15, 0.2) is 0 Å². The third kappa shape index (κ3) is 3.84. The van der Waals surface area contributed by atoms with Gasteiger partial charge in [0.1, 0.15) is 5.75 Å². The summed E-state index contributed by atoms with van der Waals surface area (Å²) in [6.07, 6.45) is 4.92. The number of nitro groups is 1. The van der Waals surface area contributed by atoms with Crippen molar-refractivity contribution >= 4 is 11.6 Å². The highest BCUT2D eigenvalue weighted by Crippen LogP contribution is 2.28. The first-order chi connectivity index (χ1) is 11.5. The number of phenolic OH excluding ortho intramolecular Hbond substituents is 1. The standard InChI is InChI=1S/C17H23N3O4/c21-16-5-4-15(20(23)24)10-13(16)11-19-8-6-14(7-9-19)18-17(22)12-2-1-3-12/h4-5,10,12,14,21H,1-3,6-9,11H2,(H,18,22). The van der Waals surface area contributed by atoms with Crippen molar-refractivity contribution in [3.05, 3.63) is 33.9 Å². The van der Waals surface area contributed by atoms with Crippen molar-refractivity contribution in [2.24, 2.45) is 5.92 Å². The molecule has 0 atom stereocenters. The Hall–Kier alpha value is -2.15. The van der Waals surface area contributed by atoms with Crippen molar-refractivity contribution in [2.45, 2.75) is 44.7 Å². The monoisotopic (exact) mass is 333 g/mol. The normalized spacial score (nSPS) is 19.7. The molecular weight excluding hydrogens is 310 g/mol. The molecule has 7 nitrogen and oxygen atoms in total. The van der Waals surface area contributed by atoms with Crippen LogP contribution < -0.4 is 5.32 Å². The van der Waals surface area contributed by atoms with Crippen LogP contribution in [0.3, 0.4) is 0 Å². The van der Waals surface area contributed by atoms with E-state index in [0.717, 1.165) is 45.2 Å². The fourth-order valence-electron chi connectivity index (χ4n) is 3.28. The molecule has 1 heterocycles. The van der Waals surface area contributed by atoms with Gasteiger partial charge in [0.2, 0.25) is 5.91 Å². The van der Waals surface area contributed by atoms with Gasteiger partial charge in [0.05, 0.1) is 4.92 Å². The molecule has 1 aliphatic heterocycles. The van der Waals surface area contributed by atoms with Gasteiger partial charge < -0.3 is 10.4 Å². The Labute approximate surface area is 140 Å². The van der Waals surface area contributed by atoms with Crippen LogP contribution in [-0.4, -0.2) is 40.0 Å². The summed E-state index contributed by atoms with van der Waals surface area (Å²) in [5.41, 5.74) is 0.562. The molecular formula is C17H23N3O4. The van der Waals surface area contributed by atoms with Crippen LogP contribution in [0, 0.1) is 16.0 Å². The number of likely N-dealkylation sites (tertiary alicyclic amines) is 1. The Kier molecular flexibility index (Phi) is 4.99. The molecule has 2 aliphatic rings. The van der Waals surface area contributed by atoms with Gasteiger partial charge in [-0.25, -0.2) is 0 Å². The Morgan fingerprint density at radius 2 is 2.00 bits per heavy atom. The largest absolute Gasteiger partial charge is 0.508 e. The number of benzene rings is 1. The number of hydrogen-bond donors (Lipinski definition) is 2. The quantitative estimate of drug-likeness (QED) is 0.636. The number of nitrogens with zero attached hydrogens (tertiary/aromatic N) is 2. The van der Waals surface area contributed by atoms with Gasteiger partial charge in [0.25, 0.3) is 5.69 Å². The van der Waals surface area contributed by atoms with Gasteiger partial charge in [-0.05, 0) is 31.7 Å². The molecule has 0 aromatic heterocycles. The number of rotatable bonds is 5. The fraction of sp³-hybridized carbons (Fsp3) is 0.588.